The molecule has 1 fully saturated rings. The Hall–Kier alpha value is -2.70. The number of carbonyl (C=O) groups is 3. The van der Waals surface area contributed by atoms with Crippen molar-refractivity contribution in [3.8, 4) is 5.75 Å². The highest BCUT2D eigenvalue weighted by Gasteiger charge is 2.39. The Labute approximate surface area is 175 Å². The molecule has 1 aliphatic carbocycles. The number of carbonyl (C=O) groups excluding carboxylic acids is 3. The molecule has 7 heteroatoms. The number of amides is 1. The van der Waals surface area contributed by atoms with E-state index in [2.05, 4.69) is 0 Å². The van der Waals surface area contributed by atoms with Crippen molar-refractivity contribution in [1.29, 1.82) is 0 Å². The third-order valence-corrected chi connectivity index (χ3v) is 5.42. The maximum Gasteiger partial charge on any atom is 0.255 e. The third-order valence-electron chi connectivity index (χ3n) is 5.42. The normalized spacial score (nSPS) is 18.4. The number of rotatable bonds is 5. The van der Waals surface area contributed by atoms with E-state index in [0.717, 1.165) is 16.7 Å². The van der Waals surface area contributed by atoms with E-state index >= 15 is 0 Å². The summed E-state index contributed by atoms with van der Waals surface area (Å²) in [4.78, 5) is 38.2. The molecule has 0 radical (unpaired) electrons. The quantitative estimate of drug-likeness (QED) is 0.760. The Morgan fingerprint density at radius 3 is 2.45 bits per heavy atom. The van der Waals surface area contributed by atoms with Crippen molar-refractivity contribution in [2.24, 2.45) is 5.73 Å². The van der Waals surface area contributed by atoms with Crippen LogP contribution in [0.2, 0.25) is 0 Å². The lowest BCUT2D eigenvalue weighted by molar-refractivity contribution is -0.133. The monoisotopic (exact) mass is 414 g/mol. The predicted molar refractivity (Wildman–Crippen MR) is 110 cm³/mol. The number of ketones is 2. The number of hydrogen-bond donors (Lipinski definition) is 1. The van der Waals surface area contributed by atoms with Gasteiger partial charge in [0.15, 0.2) is 5.78 Å². The van der Waals surface area contributed by atoms with Crippen molar-refractivity contribution < 1.29 is 19.1 Å². The molecule has 1 amide bonds. The summed E-state index contributed by atoms with van der Waals surface area (Å²) < 4.78 is 5.99. The van der Waals surface area contributed by atoms with Gasteiger partial charge in [-0.25, -0.2) is 0 Å². The lowest BCUT2D eigenvalue weighted by Crippen LogP contribution is -2.44. The molecule has 2 aromatic carbocycles. The number of nitrogens with zero attached hydrogens (tertiary/aromatic N) is 1. The molecule has 1 atom stereocenters. The molecule has 0 saturated heterocycles. The average Bonchev–Trinajstić information content (AvgIpc) is 3.04. The molecule has 152 valence electrons. The maximum absolute atomic E-state index is 12.8. The number of Topliss-reactive ketones (excluding diaryl/α,β-unsaturated/α-hetero) is 2. The fourth-order valence-corrected chi connectivity index (χ4v) is 3.83. The van der Waals surface area contributed by atoms with E-state index in [4.69, 9.17) is 10.5 Å². The highest BCUT2D eigenvalue weighted by atomic mass is 35.5. The minimum absolute atomic E-state index is 0. The summed E-state index contributed by atoms with van der Waals surface area (Å²) in [5.41, 5.74) is 9.06. The van der Waals surface area contributed by atoms with Crippen molar-refractivity contribution >= 4 is 29.9 Å². The molecule has 1 heterocycles. The molecule has 2 aromatic rings. The number of benzene rings is 2. The van der Waals surface area contributed by atoms with Crippen LogP contribution in [0.1, 0.15) is 46.3 Å². The summed E-state index contributed by atoms with van der Waals surface area (Å²) in [5, 5.41) is 0. The van der Waals surface area contributed by atoms with E-state index in [1.807, 2.05) is 30.3 Å². The van der Waals surface area contributed by atoms with Crippen molar-refractivity contribution in [2.45, 2.75) is 45.0 Å². The number of ether oxygens (including phenoxy) is 1. The van der Waals surface area contributed by atoms with E-state index in [0.29, 0.717) is 43.9 Å². The van der Waals surface area contributed by atoms with Crippen LogP contribution >= 0.6 is 12.4 Å². The zero-order valence-electron chi connectivity index (χ0n) is 15.9. The minimum atomic E-state index is -0.519. The van der Waals surface area contributed by atoms with Crippen LogP contribution in [0.25, 0.3) is 0 Å². The summed E-state index contributed by atoms with van der Waals surface area (Å²) in [7, 11) is 0. The third kappa shape index (κ3) is 4.18. The van der Waals surface area contributed by atoms with Crippen molar-refractivity contribution in [3.05, 3.63) is 64.7 Å². The number of fused-ring (bicyclic) bond motifs is 1. The summed E-state index contributed by atoms with van der Waals surface area (Å²) in [6.07, 6.45) is 0.673. The van der Waals surface area contributed by atoms with Gasteiger partial charge in [-0.2, -0.15) is 0 Å². The van der Waals surface area contributed by atoms with Gasteiger partial charge < -0.3 is 15.4 Å². The molecule has 1 unspecified atom stereocenters. The lowest BCUT2D eigenvalue weighted by Gasteiger charge is -2.29. The zero-order valence-corrected chi connectivity index (χ0v) is 16.7. The van der Waals surface area contributed by atoms with E-state index < -0.39 is 6.04 Å². The Kier molecular flexibility index (Phi) is 6.35. The number of halogens is 1. The predicted octanol–water partition coefficient (Wildman–Crippen LogP) is 2.79. The largest absolute Gasteiger partial charge is 0.489 e. The second-order valence-corrected chi connectivity index (χ2v) is 7.26. The summed E-state index contributed by atoms with van der Waals surface area (Å²) >= 11 is 0. The standard InChI is InChI=1S/C22H22N2O4.ClH/c23-11-14-4-6-15(7-5-14)13-28-21-3-1-2-17-18(21)12-24(22(17)27)19-9-8-16(25)10-20(19)26;/h1-7,19H,8-13,23H2;1H. The van der Waals surface area contributed by atoms with Gasteiger partial charge in [-0.1, -0.05) is 30.3 Å². The summed E-state index contributed by atoms with van der Waals surface area (Å²) in [6, 6.07) is 12.8. The molecule has 2 aliphatic rings. The molecule has 1 saturated carbocycles. The molecule has 1 aliphatic heterocycles. The van der Waals surface area contributed by atoms with Crippen molar-refractivity contribution in [1.82, 2.24) is 4.90 Å². The van der Waals surface area contributed by atoms with Gasteiger partial charge in [0.25, 0.3) is 5.91 Å². The molecular weight excluding hydrogens is 392 g/mol. The van der Waals surface area contributed by atoms with Gasteiger partial charge in [0.2, 0.25) is 0 Å². The second kappa shape index (κ2) is 8.76. The average molecular weight is 415 g/mol. The first-order chi connectivity index (χ1) is 13.6. The van der Waals surface area contributed by atoms with Crippen molar-refractivity contribution in [2.75, 3.05) is 0 Å². The van der Waals surface area contributed by atoms with Crippen LogP contribution in [0, 0.1) is 0 Å². The van der Waals surface area contributed by atoms with Crippen LogP contribution in [0.5, 0.6) is 5.75 Å². The Bertz CT molecular complexity index is 942. The molecule has 4 rings (SSSR count). The van der Waals surface area contributed by atoms with Gasteiger partial charge in [0.05, 0.1) is 19.0 Å². The Balaban J connectivity index is 0.00000240. The first-order valence-corrected chi connectivity index (χ1v) is 9.45. The van der Waals surface area contributed by atoms with Crippen molar-refractivity contribution in [3.63, 3.8) is 0 Å². The lowest BCUT2D eigenvalue weighted by atomic mass is 9.92. The summed E-state index contributed by atoms with van der Waals surface area (Å²) in [6.45, 7) is 1.21. The molecule has 29 heavy (non-hydrogen) atoms. The second-order valence-electron chi connectivity index (χ2n) is 7.26. The fraction of sp³-hybridized carbons (Fsp3) is 0.318. The number of hydrogen-bond acceptors (Lipinski definition) is 5. The van der Waals surface area contributed by atoms with Gasteiger partial charge in [0, 0.05) is 24.1 Å². The highest BCUT2D eigenvalue weighted by Crippen LogP contribution is 2.34. The van der Waals surface area contributed by atoms with Crippen LogP contribution in [-0.2, 0) is 29.3 Å². The van der Waals surface area contributed by atoms with Gasteiger partial charge in [0.1, 0.15) is 18.1 Å². The topological polar surface area (TPSA) is 89.7 Å². The van der Waals surface area contributed by atoms with E-state index in [-0.39, 0.29) is 36.3 Å². The van der Waals surface area contributed by atoms with Gasteiger partial charge in [-0.3, -0.25) is 14.4 Å². The highest BCUT2D eigenvalue weighted by molar-refractivity contribution is 6.07. The number of nitrogens with two attached hydrogens (primary N) is 1. The molecule has 0 spiro atoms. The molecule has 2 N–H and O–H groups in total. The zero-order chi connectivity index (χ0) is 19.7. The molecule has 0 aromatic heterocycles. The fourth-order valence-electron chi connectivity index (χ4n) is 3.83. The Morgan fingerprint density at radius 1 is 1.03 bits per heavy atom. The van der Waals surface area contributed by atoms with Crippen LogP contribution in [0.15, 0.2) is 42.5 Å². The van der Waals surface area contributed by atoms with Gasteiger partial charge >= 0.3 is 0 Å². The van der Waals surface area contributed by atoms with Crippen LogP contribution in [-0.4, -0.2) is 28.4 Å². The van der Waals surface area contributed by atoms with Crippen LogP contribution < -0.4 is 10.5 Å². The SMILES string of the molecule is Cl.NCc1ccc(COc2cccc3c2CN(C2CCC(=O)CC2=O)C3=O)cc1. The first kappa shape index (κ1) is 21.0. The smallest absolute Gasteiger partial charge is 0.255 e. The molecule has 6 nitrogen and oxygen atoms in total. The van der Waals surface area contributed by atoms with Crippen LogP contribution in [0.3, 0.4) is 0 Å². The Morgan fingerprint density at radius 2 is 1.76 bits per heavy atom. The van der Waals surface area contributed by atoms with Crippen LogP contribution in [0.4, 0.5) is 0 Å². The van der Waals surface area contributed by atoms with E-state index in [9.17, 15) is 14.4 Å². The first-order valence-electron chi connectivity index (χ1n) is 9.45. The van der Waals surface area contributed by atoms with Gasteiger partial charge in [-0.15, -0.1) is 12.4 Å². The molecule has 0 bridgehead atoms. The van der Waals surface area contributed by atoms with E-state index in [1.165, 1.54) is 0 Å². The summed E-state index contributed by atoms with van der Waals surface area (Å²) in [5.74, 6) is 0.269. The van der Waals surface area contributed by atoms with E-state index in [1.54, 1.807) is 17.0 Å². The minimum Gasteiger partial charge on any atom is -0.489 e. The van der Waals surface area contributed by atoms with Gasteiger partial charge in [-0.05, 0) is 29.7 Å². The molecular formula is C22H23ClN2O4. The maximum atomic E-state index is 12.8.